The van der Waals surface area contributed by atoms with Crippen LogP contribution >= 0.6 is 0 Å². The third-order valence-electron chi connectivity index (χ3n) is 2.35. The number of nitrogen functional groups attached to an aromatic ring is 1. The predicted octanol–water partition coefficient (Wildman–Crippen LogP) is 0.983. The lowest BCUT2D eigenvalue weighted by molar-refractivity contribution is 0.392. The standard InChI is InChI=1S/C11H21N5/c1-5-9-10(12)13-7-14-11(9)15-8(2)6-16(3)4/h7-8H,5-6H2,1-4H3,(H3,12,13,14,15). The molecular formula is C11H21N5. The first kappa shape index (κ1) is 12.7. The van der Waals surface area contributed by atoms with Crippen molar-refractivity contribution in [2.24, 2.45) is 0 Å². The van der Waals surface area contributed by atoms with Crippen molar-refractivity contribution in [2.75, 3.05) is 31.7 Å². The number of nitrogens with zero attached hydrogens (tertiary/aromatic N) is 3. The largest absolute Gasteiger partial charge is 0.383 e. The molecule has 0 amide bonds. The Labute approximate surface area is 97.1 Å². The van der Waals surface area contributed by atoms with Gasteiger partial charge in [0.05, 0.1) is 0 Å². The number of hydrogen-bond donors (Lipinski definition) is 2. The van der Waals surface area contributed by atoms with Gasteiger partial charge < -0.3 is 16.0 Å². The van der Waals surface area contributed by atoms with Gasteiger partial charge in [0, 0.05) is 18.2 Å². The second-order valence-corrected chi connectivity index (χ2v) is 4.25. The Balaban J connectivity index is 2.76. The maximum absolute atomic E-state index is 5.81. The maximum atomic E-state index is 5.81. The van der Waals surface area contributed by atoms with E-state index in [-0.39, 0.29) is 0 Å². The second-order valence-electron chi connectivity index (χ2n) is 4.25. The molecule has 1 aromatic rings. The first-order valence-corrected chi connectivity index (χ1v) is 5.55. The molecule has 5 nitrogen and oxygen atoms in total. The van der Waals surface area contributed by atoms with Gasteiger partial charge in [-0.3, -0.25) is 0 Å². The Morgan fingerprint density at radius 1 is 1.44 bits per heavy atom. The van der Waals surface area contributed by atoms with E-state index in [1.54, 1.807) is 0 Å². The fourth-order valence-corrected chi connectivity index (χ4v) is 1.73. The summed E-state index contributed by atoms with van der Waals surface area (Å²) in [6.07, 6.45) is 2.34. The van der Waals surface area contributed by atoms with Gasteiger partial charge >= 0.3 is 0 Å². The molecule has 1 heterocycles. The molecule has 1 aromatic heterocycles. The summed E-state index contributed by atoms with van der Waals surface area (Å²) >= 11 is 0. The average Bonchev–Trinajstić information content (AvgIpc) is 2.16. The zero-order valence-corrected chi connectivity index (χ0v) is 10.5. The van der Waals surface area contributed by atoms with Crippen LogP contribution in [0.4, 0.5) is 11.6 Å². The molecule has 0 aliphatic rings. The van der Waals surface area contributed by atoms with Gasteiger partial charge in [-0.2, -0.15) is 0 Å². The molecule has 90 valence electrons. The molecule has 0 spiro atoms. The molecule has 0 saturated heterocycles. The molecule has 16 heavy (non-hydrogen) atoms. The molecule has 0 aliphatic carbocycles. The number of anilines is 2. The topological polar surface area (TPSA) is 67.1 Å². The van der Waals surface area contributed by atoms with Crippen LogP contribution in [0.2, 0.25) is 0 Å². The molecule has 0 aromatic carbocycles. The quantitative estimate of drug-likeness (QED) is 0.779. The van der Waals surface area contributed by atoms with Crippen LogP contribution in [-0.2, 0) is 6.42 Å². The average molecular weight is 223 g/mol. The number of likely N-dealkylation sites (N-methyl/N-ethyl adjacent to an activating group) is 1. The Morgan fingerprint density at radius 2 is 2.12 bits per heavy atom. The van der Waals surface area contributed by atoms with Gasteiger partial charge in [-0.05, 0) is 27.4 Å². The van der Waals surface area contributed by atoms with E-state index in [1.807, 2.05) is 14.1 Å². The van der Waals surface area contributed by atoms with Crippen LogP contribution in [0.25, 0.3) is 0 Å². The second kappa shape index (κ2) is 5.65. The molecule has 1 rings (SSSR count). The fraction of sp³-hybridized carbons (Fsp3) is 0.636. The van der Waals surface area contributed by atoms with E-state index in [0.717, 1.165) is 24.3 Å². The molecule has 0 saturated carbocycles. The fourth-order valence-electron chi connectivity index (χ4n) is 1.73. The van der Waals surface area contributed by atoms with Crippen LogP contribution in [-0.4, -0.2) is 41.5 Å². The van der Waals surface area contributed by atoms with Gasteiger partial charge in [0.15, 0.2) is 0 Å². The Hall–Kier alpha value is -1.36. The van der Waals surface area contributed by atoms with Gasteiger partial charge in [0.25, 0.3) is 0 Å². The van der Waals surface area contributed by atoms with E-state index in [0.29, 0.717) is 11.9 Å². The predicted molar refractivity (Wildman–Crippen MR) is 67.5 cm³/mol. The van der Waals surface area contributed by atoms with Crippen molar-refractivity contribution in [1.82, 2.24) is 14.9 Å². The highest BCUT2D eigenvalue weighted by molar-refractivity contribution is 5.55. The summed E-state index contributed by atoms with van der Waals surface area (Å²) in [6, 6.07) is 0.328. The normalized spacial score (nSPS) is 12.8. The van der Waals surface area contributed by atoms with Crippen LogP contribution in [0.3, 0.4) is 0 Å². The Morgan fingerprint density at radius 3 is 2.69 bits per heavy atom. The van der Waals surface area contributed by atoms with Gasteiger partial charge in [0.1, 0.15) is 18.0 Å². The summed E-state index contributed by atoms with van der Waals surface area (Å²) in [5, 5.41) is 3.36. The highest BCUT2D eigenvalue weighted by Crippen LogP contribution is 2.18. The minimum Gasteiger partial charge on any atom is -0.383 e. The molecular weight excluding hydrogens is 202 g/mol. The minimum atomic E-state index is 0.328. The Kier molecular flexibility index (Phi) is 4.49. The van der Waals surface area contributed by atoms with Crippen molar-refractivity contribution in [1.29, 1.82) is 0 Å². The zero-order chi connectivity index (χ0) is 12.1. The van der Waals surface area contributed by atoms with Crippen molar-refractivity contribution >= 4 is 11.6 Å². The van der Waals surface area contributed by atoms with Crippen molar-refractivity contribution in [3.63, 3.8) is 0 Å². The summed E-state index contributed by atoms with van der Waals surface area (Å²) < 4.78 is 0. The van der Waals surface area contributed by atoms with Crippen molar-refractivity contribution in [3.8, 4) is 0 Å². The lowest BCUT2D eigenvalue weighted by Crippen LogP contribution is -2.30. The molecule has 1 unspecified atom stereocenters. The number of aromatic nitrogens is 2. The van der Waals surface area contributed by atoms with Crippen LogP contribution in [0.1, 0.15) is 19.4 Å². The summed E-state index contributed by atoms with van der Waals surface area (Å²) in [4.78, 5) is 10.4. The Bertz CT molecular complexity index is 337. The van der Waals surface area contributed by atoms with Crippen molar-refractivity contribution in [3.05, 3.63) is 11.9 Å². The highest BCUT2D eigenvalue weighted by Gasteiger charge is 2.10. The number of rotatable bonds is 5. The molecule has 0 bridgehead atoms. The van der Waals surface area contributed by atoms with Gasteiger partial charge in [-0.25, -0.2) is 9.97 Å². The SMILES string of the molecule is CCc1c(N)ncnc1NC(C)CN(C)C. The van der Waals surface area contributed by atoms with E-state index < -0.39 is 0 Å². The lowest BCUT2D eigenvalue weighted by Gasteiger charge is -2.20. The molecule has 0 aliphatic heterocycles. The molecule has 3 N–H and O–H groups in total. The smallest absolute Gasteiger partial charge is 0.134 e. The van der Waals surface area contributed by atoms with Crippen molar-refractivity contribution in [2.45, 2.75) is 26.3 Å². The minimum absolute atomic E-state index is 0.328. The molecule has 5 heteroatoms. The van der Waals surface area contributed by atoms with E-state index in [1.165, 1.54) is 6.33 Å². The third kappa shape index (κ3) is 3.34. The number of nitrogens with one attached hydrogen (secondary N) is 1. The molecule has 0 fully saturated rings. The van der Waals surface area contributed by atoms with Crippen LogP contribution in [0.5, 0.6) is 0 Å². The van der Waals surface area contributed by atoms with Crippen molar-refractivity contribution < 1.29 is 0 Å². The van der Waals surface area contributed by atoms with Crippen LogP contribution < -0.4 is 11.1 Å². The maximum Gasteiger partial charge on any atom is 0.134 e. The summed E-state index contributed by atoms with van der Waals surface area (Å²) in [6.45, 7) is 5.13. The van der Waals surface area contributed by atoms with Crippen LogP contribution in [0, 0.1) is 0 Å². The molecule has 1 atom stereocenters. The first-order valence-electron chi connectivity index (χ1n) is 5.55. The highest BCUT2D eigenvalue weighted by atomic mass is 15.1. The summed E-state index contributed by atoms with van der Waals surface area (Å²) in [5.41, 5.74) is 6.80. The number of hydrogen-bond acceptors (Lipinski definition) is 5. The van der Waals surface area contributed by atoms with Gasteiger partial charge in [0.2, 0.25) is 0 Å². The van der Waals surface area contributed by atoms with E-state index in [4.69, 9.17) is 5.73 Å². The molecule has 0 radical (unpaired) electrons. The third-order valence-corrected chi connectivity index (χ3v) is 2.35. The van der Waals surface area contributed by atoms with E-state index >= 15 is 0 Å². The van der Waals surface area contributed by atoms with E-state index in [2.05, 4.69) is 34.0 Å². The summed E-state index contributed by atoms with van der Waals surface area (Å²) in [5.74, 6) is 1.42. The monoisotopic (exact) mass is 223 g/mol. The van der Waals surface area contributed by atoms with E-state index in [9.17, 15) is 0 Å². The van der Waals surface area contributed by atoms with Crippen LogP contribution in [0.15, 0.2) is 6.33 Å². The first-order chi connectivity index (χ1) is 7.54. The van der Waals surface area contributed by atoms with Gasteiger partial charge in [-0.1, -0.05) is 6.92 Å². The lowest BCUT2D eigenvalue weighted by atomic mass is 10.2. The summed E-state index contributed by atoms with van der Waals surface area (Å²) in [7, 11) is 4.10. The number of nitrogens with two attached hydrogens (primary N) is 1. The van der Waals surface area contributed by atoms with Gasteiger partial charge in [-0.15, -0.1) is 0 Å². The zero-order valence-electron chi connectivity index (χ0n) is 10.5.